The fraction of sp³-hybridized carbons (Fsp3) is 0.391. The van der Waals surface area contributed by atoms with Crippen LogP contribution in [0.1, 0.15) is 54.9 Å². The molecule has 148 valence electrons. The van der Waals surface area contributed by atoms with Gasteiger partial charge in [0.1, 0.15) is 0 Å². The Morgan fingerprint density at radius 1 is 0.964 bits per heavy atom. The average molecular weight is 382 g/mol. The zero-order chi connectivity index (χ0) is 20.1. The molecule has 0 saturated heterocycles. The first-order valence-electron chi connectivity index (χ1n) is 9.71. The van der Waals surface area contributed by atoms with Crippen LogP contribution >= 0.6 is 0 Å². The van der Waals surface area contributed by atoms with Crippen molar-refractivity contribution in [3.63, 3.8) is 0 Å². The summed E-state index contributed by atoms with van der Waals surface area (Å²) in [6.07, 6.45) is 4.45. The van der Waals surface area contributed by atoms with Gasteiger partial charge in [-0.05, 0) is 36.1 Å². The van der Waals surface area contributed by atoms with Crippen LogP contribution in [0, 0.1) is 0 Å². The summed E-state index contributed by atoms with van der Waals surface area (Å²) in [5.41, 5.74) is 3.43. The van der Waals surface area contributed by atoms with Gasteiger partial charge in [-0.3, -0.25) is 9.59 Å². The number of carbonyl (C=O) groups is 2. The number of aryl methyl sites for hydroxylation is 1. The molecule has 0 spiro atoms. The molecule has 0 aromatic heterocycles. The van der Waals surface area contributed by atoms with Crippen LogP contribution in [0.15, 0.2) is 30.3 Å². The van der Waals surface area contributed by atoms with Crippen LogP contribution in [-0.4, -0.2) is 26.0 Å². The van der Waals surface area contributed by atoms with Gasteiger partial charge < -0.3 is 14.2 Å². The highest BCUT2D eigenvalue weighted by Crippen LogP contribution is 2.45. The van der Waals surface area contributed by atoms with Gasteiger partial charge in [-0.25, -0.2) is 0 Å². The SMILES string of the molecule is CCCCCC(=O)Oc1c(-c2ccc3c(c2)CCC3=O)ccc(OC)c1OC. The zero-order valence-electron chi connectivity index (χ0n) is 16.7. The van der Waals surface area contributed by atoms with Crippen molar-refractivity contribution in [2.24, 2.45) is 0 Å². The lowest BCUT2D eigenvalue weighted by Gasteiger charge is -2.17. The highest BCUT2D eigenvalue weighted by molar-refractivity contribution is 6.01. The zero-order valence-corrected chi connectivity index (χ0v) is 16.7. The van der Waals surface area contributed by atoms with E-state index in [1.807, 2.05) is 24.3 Å². The fourth-order valence-electron chi connectivity index (χ4n) is 3.53. The second-order valence-corrected chi connectivity index (χ2v) is 6.90. The number of hydrogen-bond donors (Lipinski definition) is 0. The van der Waals surface area contributed by atoms with Crippen LogP contribution in [0.4, 0.5) is 0 Å². The Morgan fingerprint density at radius 2 is 1.75 bits per heavy atom. The Morgan fingerprint density at radius 3 is 2.46 bits per heavy atom. The Bertz CT molecular complexity index is 885. The van der Waals surface area contributed by atoms with Crippen molar-refractivity contribution in [2.75, 3.05) is 14.2 Å². The maximum absolute atomic E-state index is 12.4. The molecule has 5 heteroatoms. The molecule has 0 heterocycles. The predicted molar refractivity (Wildman–Crippen MR) is 107 cm³/mol. The smallest absolute Gasteiger partial charge is 0.311 e. The highest BCUT2D eigenvalue weighted by Gasteiger charge is 2.23. The molecule has 3 rings (SSSR count). The average Bonchev–Trinajstić information content (AvgIpc) is 3.08. The number of esters is 1. The van der Waals surface area contributed by atoms with Crippen LogP contribution in [0.3, 0.4) is 0 Å². The summed E-state index contributed by atoms with van der Waals surface area (Å²) in [5, 5.41) is 0. The first-order valence-corrected chi connectivity index (χ1v) is 9.71. The number of fused-ring (bicyclic) bond motifs is 1. The van der Waals surface area contributed by atoms with Gasteiger partial charge in [0.25, 0.3) is 0 Å². The molecular weight excluding hydrogens is 356 g/mol. The first kappa shape index (κ1) is 19.9. The number of unbranched alkanes of at least 4 members (excludes halogenated alkanes) is 2. The third kappa shape index (κ3) is 4.03. The number of rotatable bonds is 8. The lowest BCUT2D eigenvalue weighted by molar-refractivity contribution is -0.134. The molecule has 28 heavy (non-hydrogen) atoms. The minimum Gasteiger partial charge on any atom is -0.493 e. The molecule has 1 aliphatic rings. The highest BCUT2D eigenvalue weighted by atomic mass is 16.6. The van der Waals surface area contributed by atoms with Crippen LogP contribution in [0.25, 0.3) is 11.1 Å². The molecule has 0 radical (unpaired) electrons. The fourth-order valence-corrected chi connectivity index (χ4v) is 3.53. The van der Waals surface area contributed by atoms with Crippen molar-refractivity contribution in [2.45, 2.75) is 45.4 Å². The van der Waals surface area contributed by atoms with Gasteiger partial charge in [-0.2, -0.15) is 0 Å². The van der Waals surface area contributed by atoms with E-state index in [2.05, 4.69) is 6.92 Å². The van der Waals surface area contributed by atoms with E-state index in [1.165, 1.54) is 7.11 Å². The summed E-state index contributed by atoms with van der Waals surface area (Å²) >= 11 is 0. The van der Waals surface area contributed by atoms with Crippen molar-refractivity contribution in [3.05, 3.63) is 41.5 Å². The number of benzene rings is 2. The summed E-state index contributed by atoms with van der Waals surface area (Å²) in [4.78, 5) is 24.3. The van der Waals surface area contributed by atoms with E-state index >= 15 is 0 Å². The molecular formula is C23H26O5. The summed E-state index contributed by atoms with van der Waals surface area (Å²) in [6.45, 7) is 2.09. The van der Waals surface area contributed by atoms with Gasteiger partial charge in [0.2, 0.25) is 5.75 Å². The summed E-state index contributed by atoms with van der Waals surface area (Å²) in [6, 6.07) is 9.38. The summed E-state index contributed by atoms with van der Waals surface area (Å²) in [5.74, 6) is 1.13. The van der Waals surface area contributed by atoms with Gasteiger partial charge in [0.05, 0.1) is 14.2 Å². The van der Waals surface area contributed by atoms with E-state index < -0.39 is 0 Å². The number of ketones is 1. The minimum absolute atomic E-state index is 0.177. The van der Waals surface area contributed by atoms with Crippen LogP contribution < -0.4 is 14.2 Å². The Kier molecular flexibility index (Phi) is 6.34. The van der Waals surface area contributed by atoms with E-state index in [0.717, 1.165) is 47.9 Å². The van der Waals surface area contributed by atoms with Gasteiger partial charge in [-0.1, -0.05) is 38.0 Å². The van der Waals surface area contributed by atoms with E-state index in [4.69, 9.17) is 14.2 Å². The molecule has 2 aromatic rings. The van der Waals surface area contributed by atoms with Crippen molar-refractivity contribution >= 4 is 11.8 Å². The van der Waals surface area contributed by atoms with Crippen LogP contribution in [0.2, 0.25) is 0 Å². The molecule has 1 aliphatic carbocycles. The maximum atomic E-state index is 12.4. The molecule has 0 saturated carbocycles. The van der Waals surface area contributed by atoms with Crippen LogP contribution in [0.5, 0.6) is 17.2 Å². The van der Waals surface area contributed by atoms with Crippen molar-refractivity contribution in [1.29, 1.82) is 0 Å². The number of ether oxygens (including phenoxy) is 3. The largest absolute Gasteiger partial charge is 0.493 e. The van der Waals surface area contributed by atoms with E-state index in [9.17, 15) is 9.59 Å². The molecule has 0 unspecified atom stereocenters. The number of Topliss-reactive ketones (excluding diaryl/α,β-unsaturated/α-hetero) is 1. The first-order chi connectivity index (χ1) is 13.6. The van der Waals surface area contributed by atoms with Gasteiger partial charge in [0.15, 0.2) is 17.3 Å². The molecule has 0 bridgehead atoms. The Balaban J connectivity index is 2.01. The molecule has 0 fully saturated rings. The van der Waals surface area contributed by atoms with E-state index in [-0.39, 0.29) is 11.8 Å². The minimum atomic E-state index is -0.294. The van der Waals surface area contributed by atoms with Crippen molar-refractivity contribution in [3.8, 4) is 28.4 Å². The number of carbonyl (C=O) groups excluding carboxylic acids is 2. The summed E-state index contributed by atoms with van der Waals surface area (Å²) < 4.78 is 16.6. The lowest BCUT2D eigenvalue weighted by Crippen LogP contribution is -2.10. The second kappa shape index (κ2) is 8.91. The number of hydrogen-bond acceptors (Lipinski definition) is 5. The second-order valence-electron chi connectivity index (χ2n) is 6.90. The van der Waals surface area contributed by atoms with Crippen molar-refractivity contribution in [1.82, 2.24) is 0 Å². The Hall–Kier alpha value is -2.82. The van der Waals surface area contributed by atoms with Crippen molar-refractivity contribution < 1.29 is 23.8 Å². The van der Waals surface area contributed by atoms with E-state index in [1.54, 1.807) is 13.2 Å². The molecule has 0 amide bonds. The normalized spacial score (nSPS) is 12.6. The van der Waals surface area contributed by atoms with Gasteiger partial charge in [-0.15, -0.1) is 0 Å². The molecule has 0 N–H and O–H groups in total. The van der Waals surface area contributed by atoms with Gasteiger partial charge in [0, 0.05) is 24.0 Å². The Labute approximate surface area is 165 Å². The summed E-state index contributed by atoms with van der Waals surface area (Å²) in [7, 11) is 3.07. The third-order valence-corrected chi connectivity index (χ3v) is 5.04. The lowest BCUT2D eigenvalue weighted by atomic mass is 9.99. The molecule has 0 atom stereocenters. The topological polar surface area (TPSA) is 61.8 Å². The number of methoxy groups -OCH3 is 2. The molecule has 5 nitrogen and oxygen atoms in total. The monoisotopic (exact) mass is 382 g/mol. The van der Waals surface area contributed by atoms with Gasteiger partial charge >= 0.3 is 5.97 Å². The third-order valence-electron chi connectivity index (χ3n) is 5.04. The predicted octanol–water partition coefficient (Wildman–Crippen LogP) is 4.99. The molecule has 2 aromatic carbocycles. The quantitative estimate of drug-likeness (QED) is 0.366. The molecule has 0 aliphatic heterocycles. The van der Waals surface area contributed by atoms with E-state index in [0.29, 0.717) is 30.1 Å². The van der Waals surface area contributed by atoms with Crippen LogP contribution in [-0.2, 0) is 11.2 Å². The standard InChI is InChI=1S/C23H26O5/c1-4-5-6-7-21(25)28-22-18(11-13-20(26-2)23(22)27-3)16-8-10-17-15(14-16)9-12-19(17)24/h8,10-11,13-14H,4-7,9,12H2,1-3H3. The maximum Gasteiger partial charge on any atom is 0.311 e.